The molecule has 0 spiro atoms. The Balaban J connectivity index is 1.46. The molecule has 1 amide bonds. The fourth-order valence-electron chi connectivity index (χ4n) is 2.65. The van der Waals surface area contributed by atoms with E-state index < -0.39 is 0 Å². The molecule has 0 radical (unpaired) electrons. The van der Waals surface area contributed by atoms with E-state index in [1.54, 1.807) is 0 Å². The maximum Gasteiger partial charge on any atom is 0.305 e. The van der Waals surface area contributed by atoms with Crippen molar-refractivity contribution in [2.24, 2.45) is 0 Å². The Morgan fingerprint density at radius 1 is 0.769 bits per heavy atom. The number of esters is 1. The van der Waals surface area contributed by atoms with Gasteiger partial charge in [0.1, 0.15) is 0 Å². The second kappa shape index (κ2) is 11.9. The molecule has 0 aliphatic heterocycles. The average Bonchev–Trinajstić information content (AvgIpc) is 2.67. The van der Waals surface area contributed by atoms with E-state index in [1.807, 2.05) is 48.5 Å². The lowest BCUT2D eigenvalue weighted by Crippen LogP contribution is -2.25. The molecule has 0 saturated carbocycles. The SMILES string of the molecule is O=C(CCCC(=O)OCCCc1ccccc1)NCCc1ccccc1. The number of amides is 1. The second-order valence-electron chi connectivity index (χ2n) is 6.25. The van der Waals surface area contributed by atoms with Crippen LogP contribution < -0.4 is 5.32 Å². The number of hydrogen-bond donors (Lipinski definition) is 1. The van der Waals surface area contributed by atoms with Crippen molar-refractivity contribution in [3.05, 3.63) is 71.8 Å². The van der Waals surface area contributed by atoms with E-state index in [9.17, 15) is 9.59 Å². The molecule has 0 saturated heterocycles. The number of ether oxygens (including phenoxy) is 1. The first-order valence-electron chi connectivity index (χ1n) is 9.24. The summed E-state index contributed by atoms with van der Waals surface area (Å²) in [6.07, 6.45) is 3.70. The third-order valence-electron chi connectivity index (χ3n) is 4.08. The lowest BCUT2D eigenvalue weighted by molar-refractivity contribution is -0.143. The first-order valence-corrected chi connectivity index (χ1v) is 9.24. The normalized spacial score (nSPS) is 10.3. The van der Waals surface area contributed by atoms with Gasteiger partial charge >= 0.3 is 5.97 Å². The largest absolute Gasteiger partial charge is 0.466 e. The zero-order chi connectivity index (χ0) is 18.5. The van der Waals surface area contributed by atoms with Crippen molar-refractivity contribution in [3.63, 3.8) is 0 Å². The summed E-state index contributed by atoms with van der Waals surface area (Å²) in [7, 11) is 0. The maximum absolute atomic E-state index is 11.8. The van der Waals surface area contributed by atoms with Crippen LogP contribution in [0.5, 0.6) is 0 Å². The van der Waals surface area contributed by atoms with Crippen LogP contribution in [0.2, 0.25) is 0 Å². The molecule has 0 unspecified atom stereocenters. The molecule has 0 aromatic heterocycles. The number of benzene rings is 2. The van der Waals surface area contributed by atoms with Crippen molar-refractivity contribution in [3.8, 4) is 0 Å². The standard InChI is InChI=1S/C22H27NO3/c24-21(23-17-16-20-11-5-2-6-12-20)14-7-15-22(25)26-18-8-13-19-9-3-1-4-10-19/h1-6,9-12H,7-8,13-18H2,(H,23,24). The summed E-state index contributed by atoms with van der Waals surface area (Å²) in [6.45, 7) is 1.05. The molecule has 1 N–H and O–H groups in total. The molecule has 4 heteroatoms. The van der Waals surface area contributed by atoms with Gasteiger partial charge in [-0.15, -0.1) is 0 Å². The second-order valence-corrected chi connectivity index (χ2v) is 6.25. The van der Waals surface area contributed by atoms with Crippen molar-refractivity contribution in [2.45, 2.75) is 38.5 Å². The molecule has 0 fully saturated rings. The molecule has 0 aliphatic carbocycles. The molecule has 0 bridgehead atoms. The third kappa shape index (κ3) is 8.47. The van der Waals surface area contributed by atoms with E-state index in [0.717, 1.165) is 19.3 Å². The Hall–Kier alpha value is -2.62. The van der Waals surface area contributed by atoms with E-state index in [-0.39, 0.29) is 18.3 Å². The topological polar surface area (TPSA) is 55.4 Å². The lowest BCUT2D eigenvalue weighted by atomic mass is 10.1. The number of rotatable bonds is 11. The molecule has 0 aliphatic rings. The monoisotopic (exact) mass is 353 g/mol. The predicted molar refractivity (Wildman–Crippen MR) is 103 cm³/mol. The Morgan fingerprint density at radius 2 is 1.38 bits per heavy atom. The maximum atomic E-state index is 11.8. The molecule has 0 heterocycles. The van der Waals surface area contributed by atoms with Crippen molar-refractivity contribution in [1.82, 2.24) is 5.32 Å². The van der Waals surface area contributed by atoms with Crippen molar-refractivity contribution in [1.29, 1.82) is 0 Å². The zero-order valence-corrected chi connectivity index (χ0v) is 15.2. The van der Waals surface area contributed by atoms with Gasteiger partial charge in [0.2, 0.25) is 5.91 Å². The van der Waals surface area contributed by atoms with E-state index in [1.165, 1.54) is 11.1 Å². The fourth-order valence-corrected chi connectivity index (χ4v) is 2.65. The highest BCUT2D eigenvalue weighted by molar-refractivity contribution is 5.77. The van der Waals surface area contributed by atoms with E-state index in [2.05, 4.69) is 17.4 Å². The molecule has 138 valence electrons. The Labute approximate surface area is 155 Å². The quantitative estimate of drug-likeness (QED) is 0.495. The molecule has 2 aromatic carbocycles. The van der Waals surface area contributed by atoms with E-state index >= 15 is 0 Å². The summed E-state index contributed by atoms with van der Waals surface area (Å²) in [5, 5.41) is 2.88. The van der Waals surface area contributed by atoms with E-state index in [0.29, 0.717) is 26.0 Å². The number of aryl methyl sites for hydroxylation is 1. The van der Waals surface area contributed by atoms with Gasteiger partial charge in [-0.05, 0) is 36.8 Å². The molecular formula is C22H27NO3. The van der Waals surface area contributed by atoms with Gasteiger partial charge in [0.25, 0.3) is 0 Å². The van der Waals surface area contributed by atoms with Crippen LogP contribution in [0.4, 0.5) is 0 Å². The van der Waals surface area contributed by atoms with Crippen LogP contribution in [0.25, 0.3) is 0 Å². The summed E-state index contributed by atoms with van der Waals surface area (Å²) in [6, 6.07) is 20.2. The highest BCUT2D eigenvalue weighted by Crippen LogP contribution is 2.04. The van der Waals surface area contributed by atoms with Crippen molar-refractivity contribution in [2.75, 3.05) is 13.2 Å². The van der Waals surface area contributed by atoms with Crippen LogP contribution >= 0.6 is 0 Å². The highest BCUT2D eigenvalue weighted by atomic mass is 16.5. The van der Waals surface area contributed by atoms with Gasteiger partial charge in [-0.25, -0.2) is 0 Å². The van der Waals surface area contributed by atoms with Crippen LogP contribution in [0.15, 0.2) is 60.7 Å². The van der Waals surface area contributed by atoms with Crippen molar-refractivity contribution >= 4 is 11.9 Å². The first kappa shape index (κ1) is 19.7. The van der Waals surface area contributed by atoms with Gasteiger partial charge in [-0.1, -0.05) is 60.7 Å². The van der Waals surface area contributed by atoms with Gasteiger partial charge in [0.15, 0.2) is 0 Å². The van der Waals surface area contributed by atoms with Gasteiger partial charge < -0.3 is 10.1 Å². The summed E-state index contributed by atoms with van der Waals surface area (Å²) in [5.74, 6) is -0.243. The smallest absolute Gasteiger partial charge is 0.305 e. The minimum Gasteiger partial charge on any atom is -0.466 e. The Kier molecular flexibility index (Phi) is 8.98. The molecule has 2 rings (SSSR count). The van der Waals surface area contributed by atoms with Crippen LogP contribution in [-0.2, 0) is 27.2 Å². The van der Waals surface area contributed by atoms with Crippen molar-refractivity contribution < 1.29 is 14.3 Å². The van der Waals surface area contributed by atoms with Gasteiger partial charge in [0, 0.05) is 19.4 Å². The fraction of sp³-hybridized carbons (Fsp3) is 0.364. The minimum atomic E-state index is -0.227. The summed E-state index contributed by atoms with van der Waals surface area (Å²) in [5.41, 5.74) is 2.45. The average molecular weight is 353 g/mol. The third-order valence-corrected chi connectivity index (χ3v) is 4.08. The number of carbonyl (C=O) groups excluding carboxylic acids is 2. The Bertz CT molecular complexity index is 656. The Morgan fingerprint density at radius 3 is 2.04 bits per heavy atom. The molecular weight excluding hydrogens is 326 g/mol. The van der Waals surface area contributed by atoms with Crippen LogP contribution in [0.3, 0.4) is 0 Å². The first-order chi connectivity index (χ1) is 12.7. The van der Waals surface area contributed by atoms with Gasteiger partial charge in [-0.2, -0.15) is 0 Å². The summed E-state index contributed by atoms with van der Waals surface area (Å²) < 4.78 is 5.21. The van der Waals surface area contributed by atoms with Crippen LogP contribution in [0, 0.1) is 0 Å². The molecule has 4 nitrogen and oxygen atoms in total. The molecule has 26 heavy (non-hydrogen) atoms. The minimum absolute atomic E-state index is 0.0159. The summed E-state index contributed by atoms with van der Waals surface area (Å²) in [4.78, 5) is 23.4. The molecule has 2 aromatic rings. The zero-order valence-electron chi connectivity index (χ0n) is 15.2. The van der Waals surface area contributed by atoms with Crippen LogP contribution in [-0.4, -0.2) is 25.0 Å². The number of carbonyl (C=O) groups is 2. The van der Waals surface area contributed by atoms with Gasteiger partial charge in [0.05, 0.1) is 6.61 Å². The van der Waals surface area contributed by atoms with Gasteiger partial charge in [-0.3, -0.25) is 9.59 Å². The van der Waals surface area contributed by atoms with E-state index in [4.69, 9.17) is 4.74 Å². The van der Waals surface area contributed by atoms with Crippen LogP contribution in [0.1, 0.15) is 36.8 Å². The molecule has 0 atom stereocenters. The number of nitrogens with one attached hydrogen (secondary N) is 1. The predicted octanol–water partition coefficient (Wildman–Crippen LogP) is 3.69. The highest BCUT2D eigenvalue weighted by Gasteiger charge is 2.06. The number of hydrogen-bond acceptors (Lipinski definition) is 3. The summed E-state index contributed by atoms with van der Waals surface area (Å²) >= 11 is 0. The lowest BCUT2D eigenvalue weighted by Gasteiger charge is -2.06.